The molecule has 0 aromatic heterocycles. The van der Waals surface area contributed by atoms with Gasteiger partial charge < -0.3 is 5.32 Å². The van der Waals surface area contributed by atoms with E-state index >= 15 is 0 Å². The van der Waals surface area contributed by atoms with Crippen LogP contribution in [0.1, 0.15) is 5.56 Å². The van der Waals surface area contributed by atoms with Crippen molar-refractivity contribution in [3.05, 3.63) is 64.0 Å². The van der Waals surface area contributed by atoms with Crippen LogP contribution in [-0.2, 0) is 16.6 Å². The van der Waals surface area contributed by atoms with E-state index < -0.39 is 31.3 Å². The van der Waals surface area contributed by atoms with Gasteiger partial charge >= 0.3 is 0 Å². The van der Waals surface area contributed by atoms with Crippen LogP contribution in [0.3, 0.4) is 0 Å². The molecule has 0 unspecified atom stereocenters. The molecule has 0 amide bonds. The number of nitro benzene ring substituents is 1. The minimum absolute atomic E-state index is 0.00695. The van der Waals surface area contributed by atoms with Gasteiger partial charge in [-0.2, -0.15) is 0 Å². The summed E-state index contributed by atoms with van der Waals surface area (Å²) < 4.78 is 36.6. The highest BCUT2D eigenvalue weighted by Crippen LogP contribution is 2.26. The monoisotopic (exact) mass is 325 g/mol. The van der Waals surface area contributed by atoms with E-state index in [9.17, 15) is 22.9 Å². The number of rotatable bonds is 5. The van der Waals surface area contributed by atoms with Gasteiger partial charge in [0.05, 0.1) is 10.6 Å². The second kappa shape index (κ2) is 6.08. The van der Waals surface area contributed by atoms with Gasteiger partial charge in [-0.3, -0.25) is 10.1 Å². The van der Waals surface area contributed by atoms with E-state index in [2.05, 4.69) is 5.32 Å². The number of nitrogens with two attached hydrogens (primary N) is 1. The Morgan fingerprint density at radius 1 is 1.23 bits per heavy atom. The molecule has 22 heavy (non-hydrogen) atoms. The fourth-order valence-electron chi connectivity index (χ4n) is 1.84. The number of primary sulfonamides is 1. The molecule has 9 heteroatoms. The fraction of sp³-hybridized carbons (Fsp3) is 0.0769. The van der Waals surface area contributed by atoms with E-state index in [1.165, 1.54) is 24.3 Å². The van der Waals surface area contributed by atoms with Crippen molar-refractivity contribution in [2.24, 2.45) is 5.14 Å². The molecule has 0 fully saturated rings. The zero-order chi connectivity index (χ0) is 16.3. The lowest BCUT2D eigenvalue weighted by molar-refractivity contribution is -0.385. The number of nitro groups is 1. The Hall–Kier alpha value is -2.52. The third kappa shape index (κ3) is 3.57. The molecule has 0 spiro atoms. The van der Waals surface area contributed by atoms with Crippen LogP contribution < -0.4 is 10.5 Å². The summed E-state index contributed by atoms with van der Waals surface area (Å²) in [6.07, 6.45) is 0. The third-order valence-corrected chi connectivity index (χ3v) is 3.86. The lowest BCUT2D eigenvalue weighted by Crippen LogP contribution is -2.15. The quantitative estimate of drug-likeness (QED) is 0.644. The Kier molecular flexibility index (Phi) is 4.38. The number of halogens is 1. The maximum atomic E-state index is 13.5. The van der Waals surface area contributed by atoms with E-state index in [4.69, 9.17) is 5.14 Å². The molecule has 0 saturated heterocycles. The fourth-order valence-corrected chi connectivity index (χ4v) is 2.57. The van der Waals surface area contributed by atoms with Crippen molar-refractivity contribution in [1.29, 1.82) is 0 Å². The van der Waals surface area contributed by atoms with Gasteiger partial charge in [-0.05, 0) is 12.1 Å². The molecule has 0 aliphatic heterocycles. The standard InChI is InChI=1S/C13H12FN3O4S/c14-11-4-2-1-3-9(11)8-16-12-6-5-10(17(18)19)7-13(12)22(15,20)21/h1-7,16H,8H2,(H2,15,20,21). The zero-order valence-electron chi connectivity index (χ0n) is 11.2. The van der Waals surface area contributed by atoms with Crippen LogP contribution >= 0.6 is 0 Å². The van der Waals surface area contributed by atoms with Crippen molar-refractivity contribution < 1.29 is 17.7 Å². The molecule has 0 bridgehead atoms. The molecule has 7 nitrogen and oxygen atoms in total. The summed E-state index contributed by atoms with van der Waals surface area (Å²) in [6.45, 7) is 0.00695. The van der Waals surface area contributed by atoms with Gasteiger partial charge in [0.15, 0.2) is 0 Å². The summed E-state index contributed by atoms with van der Waals surface area (Å²) in [6, 6.07) is 9.19. The molecule has 2 rings (SSSR count). The molecule has 2 aromatic rings. The smallest absolute Gasteiger partial charge is 0.270 e. The average molecular weight is 325 g/mol. The molecule has 0 heterocycles. The first kappa shape index (κ1) is 15.9. The molecular formula is C13H12FN3O4S. The highest BCUT2D eigenvalue weighted by molar-refractivity contribution is 7.89. The first-order chi connectivity index (χ1) is 10.3. The normalized spacial score (nSPS) is 11.2. The molecule has 0 saturated carbocycles. The van der Waals surface area contributed by atoms with E-state index in [1.807, 2.05) is 0 Å². The molecule has 0 aliphatic carbocycles. The molecule has 0 radical (unpaired) electrons. The Bertz CT molecular complexity index is 824. The maximum Gasteiger partial charge on any atom is 0.270 e. The van der Waals surface area contributed by atoms with Crippen molar-refractivity contribution >= 4 is 21.4 Å². The van der Waals surface area contributed by atoms with E-state index in [1.54, 1.807) is 6.07 Å². The predicted octanol–water partition coefficient (Wildman–Crippen LogP) is 1.99. The first-order valence-electron chi connectivity index (χ1n) is 6.07. The second-order valence-electron chi connectivity index (χ2n) is 4.43. The zero-order valence-corrected chi connectivity index (χ0v) is 12.0. The van der Waals surface area contributed by atoms with Crippen molar-refractivity contribution in [1.82, 2.24) is 0 Å². The van der Waals surface area contributed by atoms with Gasteiger partial charge in [-0.1, -0.05) is 18.2 Å². The first-order valence-corrected chi connectivity index (χ1v) is 7.62. The molecule has 0 aliphatic rings. The van der Waals surface area contributed by atoms with Crippen molar-refractivity contribution in [2.75, 3.05) is 5.32 Å². The topological polar surface area (TPSA) is 115 Å². The Labute approximate surface area is 125 Å². The highest BCUT2D eigenvalue weighted by Gasteiger charge is 2.19. The highest BCUT2D eigenvalue weighted by atomic mass is 32.2. The molecule has 3 N–H and O–H groups in total. The predicted molar refractivity (Wildman–Crippen MR) is 78.2 cm³/mol. The summed E-state index contributed by atoms with van der Waals surface area (Å²) in [4.78, 5) is 9.57. The van der Waals surface area contributed by atoms with Crippen molar-refractivity contribution in [3.8, 4) is 0 Å². The van der Waals surface area contributed by atoms with Gasteiger partial charge in [0.1, 0.15) is 10.7 Å². The molecule has 116 valence electrons. The lowest BCUT2D eigenvalue weighted by Gasteiger charge is -2.11. The number of hydrogen-bond donors (Lipinski definition) is 2. The molecule has 0 atom stereocenters. The summed E-state index contributed by atoms with van der Waals surface area (Å²) in [5.74, 6) is -0.450. The maximum absolute atomic E-state index is 13.5. The summed E-state index contributed by atoms with van der Waals surface area (Å²) in [5.41, 5.74) is -0.0157. The average Bonchev–Trinajstić information content (AvgIpc) is 2.45. The Morgan fingerprint density at radius 2 is 1.91 bits per heavy atom. The van der Waals surface area contributed by atoms with Crippen LogP contribution in [0, 0.1) is 15.9 Å². The number of sulfonamides is 1. The van der Waals surface area contributed by atoms with Crippen molar-refractivity contribution in [2.45, 2.75) is 11.4 Å². The number of non-ortho nitro benzene ring substituents is 1. The van der Waals surface area contributed by atoms with Crippen LogP contribution in [-0.4, -0.2) is 13.3 Å². The third-order valence-electron chi connectivity index (χ3n) is 2.91. The molecule has 2 aromatic carbocycles. The van der Waals surface area contributed by atoms with Gasteiger partial charge in [0, 0.05) is 24.2 Å². The van der Waals surface area contributed by atoms with Crippen LogP contribution in [0.25, 0.3) is 0 Å². The molecular weight excluding hydrogens is 313 g/mol. The van der Waals surface area contributed by atoms with Crippen LogP contribution in [0.5, 0.6) is 0 Å². The van der Waals surface area contributed by atoms with Gasteiger partial charge in [0.25, 0.3) is 5.69 Å². The van der Waals surface area contributed by atoms with Crippen molar-refractivity contribution in [3.63, 3.8) is 0 Å². The second-order valence-corrected chi connectivity index (χ2v) is 5.96. The van der Waals surface area contributed by atoms with E-state index in [0.717, 1.165) is 12.1 Å². The van der Waals surface area contributed by atoms with Crippen LogP contribution in [0.15, 0.2) is 47.4 Å². The number of nitrogens with one attached hydrogen (secondary N) is 1. The van der Waals surface area contributed by atoms with E-state index in [-0.39, 0.29) is 12.2 Å². The number of hydrogen-bond acceptors (Lipinski definition) is 5. The summed E-state index contributed by atoms with van der Waals surface area (Å²) >= 11 is 0. The number of nitrogens with zero attached hydrogens (tertiary/aromatic N) is 1. The van der Waals surface area contributed by atoms with Gasteiger partial charge in [-0.25, -0.2) is 17.9 Å². The minimum atomic E-state index is -4.16. The summed E-state index contributed by atoms with van der Waals surface area (Å²) in [7, 11) is -4.16. The summed E-state index contributed by atoms with van der Waals surface area (Å²) in [5, 5.41) is 18.5. The largest absolute Gasteiger partial charge is 0.380 e. The lowest BCUT2D eigenvalue weighted by atomic mass is 10.2. The minimum Gasteiger partial charge on any atom is -0.380 e. The number of anilines is 1. The van der Waals surface area contributed by atoms with E-state index in [0.29, 0.717) is 5.56 Å². The van der Waals surface area contributed by atoms with Gasteiger partial charge in [0.2, 0.25) is 10.0 Å². The van der Waals surface area contributed by atoms with Crippen LogP contribution in [0.2, 0.25) is 0 Å². The van der Waals surface area contributed by atoms with Gasteiger partial charge in [-0.15, -0.1) is 0 Å². The van der Waals surface area contributed by atoms with Crippen LogP contribution in [0.4, 0.5) is 15.8 Å². The Morgan fingerprint density at radius 3 is 2.50 bits per heavy atom. The number of benzene rings is 2. The SMILES string of the molecule is NS(=O)(=O)c1cc([N+](=O)[O-])ccc1NCc1ccccc1F. The Balaban J connectivity index is 2.35.